The fourth-order valence-electron chi connectivity index (χ4n) is 3.95. The van der Waals surface area contributed by atoms with E-state index in [-0.39, 0.29) is 0 Å². The summed E-state index contributed by atoms with van der Waals surface area (Å²) in [6.45, 7) is 6.07. The van der Waals surface area contributed by atoms with Crippen molar-refractivity contribution in [3.63, 3.8) is 0 Å². The van der Waals surface area contributed by atoms with Gasteiger partial charge in [-0.15, -0.1) is 0 Å². The van der Waals surface area contributed by atoms with Crippen molar-refractivity contribution in [2.75, 3.05) is 11.5 Å². The molecule has 1 aromatic heterocycles. The van der Waals surface area contributed by atoms with Crippen LogP contribution >= 0.6 is 11.8 Å². The molecule has 1 aromatic carbocycles. The zero-order valence-electron chi connectivity index (χ0n) is 15.7. The van der Waals surface area contributed by atoms with E-state index in [0.717, 1.165) is 45.3 Å². The van der Waals surface area contributed by atoms with Crippen molar-refractivity contribution in [3.8, 4) is 17.6 Å². The highest BCUT2D eigenvalue weighted by molar-refractivity contribution is 7.99. The van der Waals surface area contributed by atoms with E-state index in [4.69, 9.17) is 9.84 Å². The molecule has 5 heteroatoms. The highest BCUT2D eigenvalue weighted by atomic mass is 32.2. The number of aromatic nitrogens is 2. The summed E-state index contributed by atoms with van der Waals surface area (Å²) >= 11 is 2.01. The van der Waals surface area contributed by atoms with Crippen LogP contribution in [-0.2, 0) is 0 Å². The van der Waals surface area contributed by atoms with Crippen LogP contribution in [0.4, 0.5) is 0 Å². The number of nitrogens with zero attached hydrogens (tertiary/aromatic N) is 3. The van der Waals surface area contributed by atoms with Crippen LogP contribution in [0.25, 0.3) is 0 Å². The fourth-order valence-corrected chi connectivity index (χ4v) is 5.13. The summed E-state index contributed by atoms with van der Waals surface area (Å²) in [5.41, 5.74) is 4.94. The van der Waals surface area contributed by atoms with Crippen molar-refractivity contribution in [1.29, 1.82) is 5.26 Å². The highest BCUT2D eigenvalue weighted by Gasteiger charge is 2.31. The molecule has 0 bridgehead atoms. The number of rotatable bonds is 4. The zero-order chi connectivity index (χ0) is 18.3. The zero-order valence-corrected chi connectivity index (χ0v) is 16.5. The monoisotopic (exact) mass is 367 g/mol. The number of hydrogen-bond acceptors (Lipinski definition) is 4. The highest BCUT2D eigenvalue weighted by Crippen LogP contribution is 2.44. The molecule has 1 aliphatic carbocycles. The van der Waals surface area contributed by atoms with Crippen LogP contribution in [-0.4, -0.2) is 21.3 Å². The number of nitriles is 1. The maximum absolute atomic E-state index is 9.30. The molecule has 2 heterocycles. The van der Waals surface area contributed by atoms with Gasteiger partial charge in [0, 0.05) is 11.7 Å². The van der Waals surface area contributed by atoms with Crippen molar-refractivity contribution in [1.82, 2.24) is 9.78 Å². The Morgan fingerprint density at radius 2 is 1.92 bits per heavy atom. The quantitative estimate of drug-likeness (QED) is 0.724. The van der Waals surface area contributed by atoms with Crippen LogP contribution < -0.4 is 4.74 Å². The summed E-state index contributed by atoms with van der Waals surface area (Å²) in [5, 5.41) is 14.3. The molecule has 0 N–H and O–H groups in total. The van der Waals surface area contributed by atoms with E-state index in [1.807, 2.05) is 37.7 Å². The molecule has 2 aliphatic rings. The molecular weight excluding hydrogens is 342 g/mol. The second kappa shape index (κ2) is 7.00. The lowest BCUT2D eigenvalue weighted by atomic mass is 9.82. The second-order valence-corrected chi connectivity index (χ2v) is 8.69. The Morgan fingerprint density at radius 3 is 2.46 bits per heavy atom. The lowest BCUT2D eigenvalue weighted by Crippen LogP contribution is -2.13. The van der Waals surface area contributed by atoms with Gasteiger partial charge in [0.1, 0.15) is 11.4 Å². The molecule has 2 fully saturated rings. The maximum atomic E-state index is 9.30. The van der Waals surface area contributed by atoms with Gasteiger partial charge in [-0.3, -0.25) is 4.68 Å². The molecule has 0 spiro atoms. The molecule has 26 heavy (non-hydrogen) atoms. The van der Waals surface area contributed by atoms with Crippen LogP contribution in [0.5, 0.6) is 11.5 Å². The summed E-state index contributed by atoms with van der Waals surface area (Å²) < 4.78 is 8.61. The minimum absolute atomic E-state index is 0.487. The Bertz CT molecular complexity index is 847. The first-order chi connectivity index (χ1) is 12.6. The first-order valence-corrected chi connectivity index (χ1v) is 10.6. The molecule has 136 valence electrons. The van der Waals surface area contributed by atoms with Crippen LogP contribution in [0.3, 0.4) is 0 Å². The van der Waals surface area contributed by atoms with E-state index in [9.17, 15) is 5.26 Å². The molecule has 1 saturated heterocycles. The summed E-state index contributed by atoms with van der Waals surface area (Å²) in [4.78, 5) is 0. The molecule has 1 atom stereocenters. The van der Waals surface area contributed by atoms with Gasteiger partial charge in [-0.05, 0) is 69.0 Å². The molecule has 4 rings (SSSR count). The molecule has 0 radical (unpaired) electrons. The van der Waals surface area contributed by atoms with Crippen molar-refractivity contribution in [3.05, 3.63) is 40.2 Å². The Hall–Kier alpha value is -1.93. The Labute approximate surface area is 159 Å². The second-order valence-electron chi connectivity index (χ2n) is 7.54. The molecule has 1 unspecified atom stereocenters. The molecule has 2 aromatic rings. The third-order valence-electron chi connectivity index (χ3n) is 5.70. The predicted molar refractivity (Wildman–Crippen MR) is 105 cm³/mol. The lowest BCUT2D eigenvalue weighted by Gasteiger charge is -2.24. The number of aryl methyl sites for hydroxylation is 2. The minimum atomic E-state index is 0.487. The SMILES string of the molecule is Cc1cc(Oc2c(C3CCC3)nn(C3CCSC3)c2C)cc(C)c1C#N. The maximum Gasteiger partial charge on any atom is 0.171 e. The average Bonchev–Trinajstić information content (AvgIpc) is 3.17. The van der Waals surface area contributed by atoms with Gasteiger partial charge in [0.25, 0.3) is 0 Å². The van der Waals surface area contributed by atoms with E-state index < -0.39 is 0 Å². The van der Waals surface area contributed by atoms with E-state index in [0.29, 0.717) is 12.0 Å². The lowest BCUT2D eigenvalue weighted by molar-refractivity contribution is 0.386. The standard InChI is InChI=1S/C21H25N3OS/c1-13-9-18(10-14(2)19(13)11-22)25-21-15(3)24(17-7-8-26-12-17)23-20(21)16-5-4-6-16/h9-10,16-17H,4-8,12H2,1-3H3. The van der Waals surface area contributed by atoms with Crippen molar-refractivity contribution in [2.45, 2.75) is 58.4 Å². The number of thioether (sulfide) groups is 1. The number of ether oxygens (including phenoxy) is 1. The topological polar surface area (TPSA) is 50.8 Å². The molecular formula is C21H25N3OS. The average molecular weight is 368 g/mol. The third-order valence-corrected chi connectivity index (χ3v) is 6.85. The van der Waals surface area contributed by atoms with E-state index in [2.05, 4.69) is 17.7 Å². The van der Waals surface area contributed by atoms with Gasteiger partial charge in [0.2, 0.25) is 0 Å². The van der Waals surface area contributed by atoms with Crippen LogP contribution in [0, 0.1) is 32.1 Å². The predicted octanol–water partition coefficient (Wildman–Crippen LogP) is 5.42. The number of hydrogen-bond donors (Lipinski definition) is 0. The Balaban J connectivity index is 1.72. The van der Waals surface area contributed by atoms with Crippen molar-refractivity contribution in [2.24, 2.45) is 0 Å². The Morgan fingerprint density at radius 1 is 1.19 bits per heavy atom. The molecule has 4 nitrogen and oxygen atoms in total. The summed E-state index contributed by atoms with van der Waals surface area (Å²) in [7, 11) is 0. The van der Waals surface area contributed by atoms with Gasteiger partial charge in [-0.1, -0.05) is 6.42 Å². The van der Waals surface area contributed by atoms with Crippen LogP contribution in [0.15, 0.2) is 12.1 Å². The normalized spacial score (nSPS) is 20.0. The molecule has 0 amide bonds. The van der Waals surface area contributed by atoms with Crippen LogP contribution in [0.2, 0.25) is 0 Å². The van der Waals surface area contributed by atoms with E-state index >= 15 is 0 Å². The first-order valence-electron chi connectivity index (χ1n) is 9.44. The smallest absolute Gasteiger partial charge is 0.171 e. The van der Waals surface area contributed by atoms with Gasteiger partial charge >= 0.3 is 0 Å². The van der Waals surface area contributed by atoms with E-state index in [1.54, 1.807) is 0 Å². The largest absolute Gasteiger partial charge is 0.453 e. The van der Waals surface area contributed by atoms with Crippen molar-refractivity contribution < 1.29 is 4.74 Å². The first kappa shape index (κ1) is 17.5. The third kappa shape index (κ3) is 3.01. The van der Waals surface area contributed by atoms with Gasteiger partial charge in [-0.2, -0.15) is 22.1 Å². The van der Waals surface area contributed by atoms with Gasteiger partial charge in [-0.25, -0.2) is 0 Å². The Kier molecular flexibility index (Phi) is 4.71. The van der Waals surface area contributed by atoms with Gasteiger partial charge in [0.05, 0.1) is 23.4 Å². The summed E-state index contributed by atoms with van der Waals surface area (Å²) in [6.07, 6.45) is 4.88. The minimum Gasteiger partial charge on any atom is -0.453 e. The summed E-state index contributed by atoms with van der Waals surface area (Å²) in [5.74, 6) is 4.63. The van der Waals surface area contributed by atoms with Crippen LogP contribution in [0.1, 0.15) is 65.7 Å². The molecule has 1 aliphatic heterocycles. The molecule has 1 saturated carbocycles. The van der Waals surface area contributed by atoms with Gasteiger partial charge in [0.15, 0.2) is 5.75 Å². The van der Waals surface area contributed by atoms with Gasteiger partial charge < -0.3 is 4.74 Å². The van der Waals surface area contributed by atoms with E-state index in [1.165, 1.54) is 31.4 Å². The summed E-state index contributed by atoms with van der Waals surface area (Å²) in [6, 6.07) is 6.71. The fraction of sp³-hybridized carbons (Fsp3) is 0.524. The number of benzene rings is 1. The van der Waals surface area contributed by atoms with Crippen molar-refractivity contribution >= 4 is 11.8 Å².